The Labute approximate surface area is 101 Å². The van der Waals surface area contributed by atoms with E-state index in [1.807, 2.05) is 0 Å². The van der Waals surface area contributed by atoms with Crippen LogP contribution in [0.2, 0.25) is 0 Å². The van der Waals surface area contributed by atoms with Gasteiger partial charge in [-0.05, 0) is 22.4 Å². The lowest BCUT2D eigenvalue weighted by Gasteiger charge is -2.09. The van der Waals surface area contributed by atoms with Crippen LogP contribution in [0.15, 0.2) is 6.20 Å². The van der Waals surface area contributed by atoms with Gasteiger partial charge < -0.3 is 14.9 Å². The highest BCUT2D eigenvalue weighted by atomic mass is 19.3. The molecule has 0 unspecified atom stereocenters. The lowest BCUT2D eigenvalue weighted by molar-refractivity contribution is -0.390. The van der Waals surface area contributed by atoms with E-state index >= 15 is 0 Å². The van der Waals surface area contributed by atoms with Crippen molar-refractivity contribution in [1.29, 1.82) is 0 Å². The van der Waals surface area contributed by atoms with E-state index in [-0.39, 0.29) is 11.1 Å². The third kappa shape index (κ3) is 2.76. The minimum Gasteiger partial charge on any atom is -0.469 e. The van der Waals surface area contributed by atoms with E-state index in [4.69, 9.17) is 0 Å². The highest BCUT2D eigenvalue weighted by molar-refractivity contribution is 5.74. The third-order valence-electron chi connectivity index (χ3n) is 2.42. The molecule has 0 amide bonds. The summed E-state index contributed by atoms with van der Waals surface area (Å²) in [7, 11) is 1.11. The second kappa shape index (κ2) is 5.48. The van der Waals surface area contributed by atoms with Gasteiger partial charge in [0.05, 0.1) is 24.7 Å². The number of carbonyl (C=O) groups is 1. The summed E-state index contributed by atoms with van der Waals surface area (Å²) in [5, 5.41) is 10.6. The van der Waals surface area contributed by atoms with E-state index < -0.39 is 35.1 Å². The second-order valence-corrected chi connectivity index (χ2v) is 3.45. The van der Waals surface area contributed by atoms with Crippen LogP contribution in [0.1, 0.15) is 23.1 Å². The normalized spacial score (nSPS) is 10.5. The minimum absolute atomic E-state index is 0.0526. The largest absolute Gasteiger partial charge is 0.469 e. The molecule has 0 aliphatic carbocycles. The SMILES string of the molecule is COC(=O)Cc1c(C(F)F)cnc([N+](=O)[O-])c1C. The Morgan fingerprint density at radius 2 is 2.22 bits per heavy atom. The zero-order valence-corrected chi connectivity index (χ0v) is 9.65. The molecule has 0 aromatic carbocycles. The maximum Gasteiger partial charge on any atom is 0.366 e. The second-order valence-electron chi connectivity index (χ2n) is 3.45. The van der Waals surface area contributed by atoms with Gasteiger partial charge in [0.15, 0.2) is 0 Å². The van der Waals surface area contributed by atoms with Crippen LogP contribution in [0, 0.1) is 17.0 Å². The first-order valence-electron chi connectivity index (χ1n) is 4.86. The maximum absolute atomic E-state index is 12.7. The van der Waals surface area contributed by atoms with Crippen LogP contribution < -0.4 is 0 Å². The Morgan fingerprint density at radius 3 is 2.67 bits per heavy atom. The molecule has 8 heteroatoms. The Bertz CT molecular complexity index is 491. The summed E-state index contributed by atoms with van der Waals surface area (Å²) in [4.78, 5) is 24.4. The molecule has 1 rings (SSSR count). The molecule has 0 spiro atoms. The van der Waals surface area contributed by atoms with E-state index in [0.29, 0.717) is 6.20 Å². The maximum atomic E-state index is 12.7. The number of carbonyl (C=O) groups excluding carboxylic acids is 1. The van der Waals surface area contributed by atoms with Gasteiger partial charge in [-0.25, -0.2) is 8.78 Å². The predicted octanol–water partition coefficient (Wildman–Crippen LogP) is 1.95. The molecule has 1 aromatic rings. The first kappa shape index (κ1) is 13.9. The lowest BCUT2D eigenvalue weighted by atomic mass is 10.0. The number of hydrogen-bond donors (Lipinski definition) is 0. The standard InChI is InChI=1S/C10H10F2N2O4/c1-5-6(3-8(15)18-2)7(9(11)12)4-13-10(5)14(16)17/h4,9H,3H2,1-2H3. The summed E-state index contributed by atoms with van der Waals surface area (Å²) >= 11 is 0. The lowest BCUT2D eigenvalue weighted by Crippen LogP contribution is -2.11. The van der Waals surface area contributed by atoms with Crippen molar-refractivity contribution in [3.05, 3.63) is 33.0 Å². The van der Waals surface area contributed by atoms with Gasteiger partial charge >= 0.3 is 11.8 Å². The predicted molar refractivity (Wildman–Crippen MR) is 56.3 cm³/mol. The van der Waals surface area contributed by atoms with Gasteiger partial charge in [-0.3, -0.25) is 4.79 Å². The van der Waals surface area contributed by atoms with Crippen LogP contribution >= 0.6 is 0 Å². The van der Waals surface area contributed by atoms with Crippen molar-refractivity contribution in [2.24, 2.45) is 0 Å². The third-order valence-corrected chi connectivity index (χ3v) is 2.42. The summed E-state index contributed by atoms with van der Waals surface area (Å²) in [6.07, 6.45) is -2.60. The number of pyridine rings is 1. The van der Waals surface area contributed by atoms with Crippen LogP contribution in [0.5, 0.6) is 0 Å². The van der Waals surface area contributed by atoms with Crippen LogP contribution in [0.4, 0.5) is 14.6 Å². The molecule has 1 heterocycles. The first-order valence-corrected chi connectivity index (χ1v) is 4.86. The Hall–Kier alpha value is -2.12. The number of esters is 1. The van der Waals surface area contributed by atoms with Gasteiger partial charge in [0.25, 0.3) is 6.43 Å². The molecule has 0 N–H and O–H groups in total. The number of ether oxygens (including phenoxy) is 1. The van der Waals surface area contributed by atoms with Gasteiger partial charge in [0.2, 0.25) is 0 Å². The summed E-state index contributed by atoms with van der Waals surface area (Å²) in [6.45, 7) is 1.27. The molecule has 0 aliphatic heterocycles. The molecule has 1 aromatic heterocycles. The Balaban J connectivity index is 3.35. The number of methoxy groups -OCH3 is 1. The van der Waals surface area contributed by atoms with E-state index in [9.17, 15) is 23.7 Å². The summed E-state index contributed by atoms with van der Waals surface area (Å²) in [5.74, 6) is -1.29. The molecule has 0 atom stereocenters. The fourth-order valence-corrected chi connectivity index (χ4v) is 1.48. The summed E-state index contributed by atoms with van der Waals surface area (Å²) < 4.78 is 29.8. The van der Waals surface area contributed by atoms with E-state index in [2.05, 4.69) is 9.72 Å². The van der Waals surface area contributed by atoms with Crippen LogP contribution in [-0.2, 0) is 16.0 Å². The van der Waals surface area contributed by atoms with Crippen molar-refractivity contribution in [2.75, 3.05) is 7.11 Å². The molecule has 0 aliphatic rings. The minimum atomic E-state index is -2.86. The van der Waals surface area contributed by atoms with Crippen molar-refractivity contribution in [3.63, 3.8) is 0 Å². The molecular weight excluding hydrogens is 250 g/mol. The number of aromatic nitrogens is 1. The number of rotatable bonds is 4. The summed E-state index contributed by atoms with van der Waals surface area (Å²) in [5.41, 5.74) is -0.662. The number of hydrogen-bond acceptors (Lipinski definition) is 5. The Kier molecular flexibility index (Phi) is 4.24. The molecule has 18 heavy (non-hydrogen) atoms. The number of nitrogens with zero attached hydrogens (tertiary/aromatic N) is 2. The molecule has 6 nitrogen and oxygen atoms in total. The smallest absolute Gasteiger partial charge is 0.366 e. The molecular formula is C10H10F2N2O4. The first-order chi connectivity index (χ1) is 8.38. The van der Waals surface area contributed by atoms with Crippen LogP contribution in [-0.4, -0.2) is 23.0 Å². The fraction of sp³-hybridized carbons (Fsp3) is 0.400. The molecule has 98 valence electrons. The highest BCUT2D eigenvalue weighted by Gasteiger charge is 2.25. The molecule has 0 saturated heterocycles. The monoisotopic (exact) mass is 260 g/mol. The van der Waals surface area contributed by atoms with Gasteiger partial charge in [-0.1, -0.05) is 0 Å². The molecule has 0 radical (unpaired) electrons. The van der Waals surface area contributed by atoms with E-state index in [0.717, 1.165) is 7.11 Å². The van der Waals surface area contributed by atoms with Crippen molar-refractivity contribution in [2.45, 2.75) is 19.8 Å². The number of alkyl halides is 2. The van der Waals surface area contributed by atoms with Crippen molar-refractivity contribution >= 4 is 11.8 Å². The summed E-state index contributed by atoms with van der Waals surface area (Å²) in [6, 6.07) is 0. The van der Waals surface area contributed by atoms with Crippen molar-refractivity contribution in [3.8, 4) is 0 Å². The molecule has 0 fully saturated rings. The van der Waals surface area contributed by atoms with Gasteiger partial charge in [0, 0.05) is 0 Å². The van der Waals surface area contributed by atoms with Crippen LogP contribution in [0.3, 0.4) is 0 Å². The quantitative estimate of drug-likeness (QED) is 0.469. The van der Waals surface area contributed by atoms with Gasteiger partial charge in [0.1, 0.15) is 6.20 Å². The molecule has 0 saturated carbocycles. The molecule has 0 bridgehead atoms. The zero-order chi connectivity index (χ0) is 13.9. The van der Waals surface area contributed by atoms with Crippen molar-refractivity contribution < 1.29 is 23.2 Å². The Morgan fingerprint density at radius 1 is 1.61 bits per heavy atom. The van der Waals surface area contributed by atoms with Crippen molar-refractivity contribution in [1.82, 2.24) is 4.98 Å². The van der Waals surface area contributed by atoms with Gasteiger partial charge in [-0.15, -0.1) is 0 Å². The number of halogens is 2. The van der Waals surface area contributed by atoms with E-state index in [1.165, 1.54) is 6.92 Å². The number of nitro groups is 1. The highest BCUT2D eigenvalue weighted by Crippen LogP contribution is 2.29. The van der Waals surface area contributed by atoms with E-state index in [1.54, 1.807) is 0 Å². The average Bonchev–Trinajstić information content (AvgIpc) is 2.30. The van der Waals surface area contributed by atoms with Gasteiger partial charge in [-0.2, -0.15) is 0 Å². The topological polar surface area (TPSA) is 82.3 Å². The fourth-order valence-electron chi connectivity index (χ4n) is 1.48. The zero-order valence-electron chi connectivity index (χ0n) is 9.65. The average molecular weight is 260 g/mol. The van der Waals surface area contributed by atoms with Crippen LogP contribution in [0.25, 0.3) is 0 Å².